The first kappa shape index (κ1) is 26.5. The largest absolute Gasteiger partial charge is 0.508 e. The van der Waals surface area contributed by atoms with Crippen molar-refractivity contribution in [2.45, 2.75) is 74.8 Å². The first-order valence-electron chi connectivity index (χ1n) is 15.2. The standard InChI is InChI=1S/C31H36F2N6O3/c1-41-24-6-3-17-9-21(40)10-22(25(17)24)27-26(33)28-23(12-34-27)29(38-14-19-4-5-20(15-38)35-19)37-30(36-28)42-16-31-7-2-8-39(31)13-18(32)11-31/h9-10,12,18-20,24,35,40H,2-8,11,13-16H2,1H3/t18-,19-,20+,24?,31+/m1/s1. The Hall–Kier alpha value is -3.15. The summed E-state index contributed by atoms with van der Waals surface area (Å²) in [7, 11) is 1.64. The highest BCUT2D eigenvalue weighted by atomic mass is 19.1. The molecule has 2 aromatic heterocycles. The minimum atomic E-state index is -0.871. The molecule has 1 unspecified atom stereocenters. The molecule has 2 N–H and O–H groups in total. The Morgan fingerprint density at radius 2 is 1.98 bits per heavy atom. The molecule has 11 heteroatoms. The van der Waals surface area contributed by atoms with E-state index in [1.165, 1.54) is 0 Å². The van der Waals surface area contributed by atoms with Gasteiger partial charge in [0.05, 0.1) is 17.0 Å². The third kappa shape index (κ3) is 4.23. The Bertz CT molecular complexity index is 1550. The van der Waals surface area contributed by atoms with E-state index < -0.39 is 12.0 Å². The number of aromatic hydroxyl groups is 1. The zero-order valence-corrected chi connectivity index (χ0v) is 23.8. The van der Waals surface area contributed by atoms with Gasteiger partial charge in [-0.15, -0.1) is 0 Å². The van der Waals surface area contributed by atoms with Crippen molar-refractivity contribution in [3.63, 3.8) is 0 Å². The quantitative estimate of drug-likeness (QED) is 0.449. The van der Waals surface area contributed by atoms with Gasteiger partial charge in [-0.05, 0) is 68.3 Å². The van der Waals surface area contributed by atoms with E-state index in [2.05, 4.69) is 25.1 Å². The van der Waals surface area contributed by atoms with E-state index in [0.29, 0.717) is 41.8 Å². The number of nitrogens with one attached hydrogen (secondary N) is 1. The minimum absolute atomic E-state index is 0.0635. The molecule has 0 spiro atoms. The van der Waals surface area contributed by atoms with Gasteiger partial charge < -0.3 is 24.8 Å². The predicted octanol–water partition coefficient (Wildman–Crippen LogP) is 4.07. The van der Waals surface area contributed by atoms with Crippen molar-refractivity contribution in [1.29, 1.82) is 0 Å². The highest BCUT2D eigenvalue weighted by Gasteiger charge is 2.49. The summed E-state index contributed by atoms with van der Waals surface area (Å²) in [5.41, 5.74) is 2.18. The number of piperazine rings is 1. The number of nitrogens with zero attached hydrogens (tertiary/aromatic N) is 5. The molecule has 4 saturated heterocycles. The van der Waals surface area contributed by atoms with Crippen LogP contribution < -0.4 is 15.0 Å². The van der Waals surface area contributed by atoms with Crippen LogP contribution in [0.25, 0.3) is 22.2 Å². The van der Waals surface area contributed by atoms with Crippen LogP contribution in [-0.4, -0.2) is 88.6 Å². The molecular formula is C31H36F2N6O3. The van der Waals surface area contributed by atoms with Crippen LogP contribution in [0.2, 0.25) is 0 Å². The molecule has 6 heterocycles. The summed E-state index contributed by atoms with van der Waals surface area (Å²) < 4.78 is 43.1. The lowest BCUT2D eigenvalue weighted by Gasteiger charge is -2.34. The minimum Gasteiger partial charge on any atom is -0.508 e. The van der Waals surface area contributed by atoms with E-state index in [-0.39, 0.29) is 41.2 Å². The number of anilines is 1. The van der Waals surface area contributed by atoms with Crippen molar-refractivity contribution in [1.82, 2.24) is 25.2 Å². The number of phenolic OH excluding ortho intramolecular Hbond substituents is 1. The summed E-state index contributed by atoms with van der Waals surface area (Å²) in [5, 5.41) is 14.7. The van der Waals surface area contributed by atoms with Crippen molar-refractivity contribution in [3.05, 3.63) is 35.3 Å². The molecule has 0 amide bonds. The highest BCUT2D eigenvalue weighted by Crippen LogP contribution is 2.44. The van der Waals surface area contributed by atoms with Crippen LogP contribution in [0.1, 0.15) is 55.8 Å². The maximum Gasteiger partial charge on any atom is 0.319 e. The summed E-state index contributed by atoms with van der Waals surface area (Å²) >= 11 is 0. The Morgan fingerprint density at radius 3 is 2.79 bits per heavy atom. The summed E-state index contributed by atoms with van der Waals surface area (Å²) in [6.07, 6.45) is 6.54. The topological polar surface area (TPSA) is 95.9 Å². The molecule has 9 nitrogen and oxygen atoms in total. The van der Waals surface area contributed by atoms with Crippen LogP contribution >= 0.6 is 0 Å². The number of aryl methyl sites for hydroxylation is 1. The van der Waals surface area contributed by atoms with Gasteiger partial charge in [-0.25, -0.2) is 8.78 Å². The molecule has 4 aliphatic heterocycles. The predicted molar refractivity (Wildman–Crippen MR) is 153 cm³/mol. The van der Waals surface area contributed by atoms with Gasteiger partial charge in [0, 0.05) is 57.0 Å². The van der Waals surface area contributed by atoms with E-state index in [4.69, 9.17) is 14.5 Å². The number of ether oxygens (including phenoxy) is 2. The van der Waals surface area contributed by atoms with Gasteiger partial charge in [-0.2, -0.15) is 9.97 Å². The molecule has 0 radical (unpaired) electrons. The zero-order valence-electron chi connectivity index (χ0n) is 23.8. The number of alkyl halides is 1. The first-order valence-corrected chi connectivity index (χ1v) is 15.2. The Balaban J connectivity index is 1.23. The van der Waals surface area contributed by atoms with Gasteiger partial charge in [0.15, 0.2) is 5.82 Å². The fourth-order valence-electron chi connectivity index (χ4n) is 8.28. The van der Waals surface area contributed by atoms with Crippen LogP contribution in [0, 0.1) is 5.82 Å². The average molecular weight is 579 g/mol. The monoisotopic (exact) mass is 578 g/mol. The molecule has 5 atom stereocenters. The number of fused-ring (bicyclic) bond motifs is 5. The molecule has 1 aromatic carbocycles. The smallest absolute Gasteiger partial charge is 0.319 e. The zero-order chi connectivity index (χ0) is 28.6. The fraction of sp³-hybridized carbons (Fsp3) is 0.581. The van der Waals surface area contributed by atoms with Crippen molar-refractivity contribution in [3.8, 4) is 23.0 Å². The second-order valence-corrected chi connectivity index (χ2v) is 12.7. The van der Waals surface area contributed by atoms with Crippen LogP contribution in [0.4, 0.5) is 14.6 Å². The lowest BCUT2D eigenvalue weighted by Crippen LogP contribution is -2.51. The van der Waals surface area contributed by atoms with Crippen LogP contribution in [0.3, 0.4) is 0 Å². The molecule has 1 aliphatic carbocycles. The Kier molecular flexibility index (Phi) is 6.28. The number of hydrogen-bond acceptors (Lipinski definition) is 9. The summed E-state index contributed by atoms with van der Waals surface area (Å²) in [5.74, 6) is 0.0884. The number of methoxy groups -OCH3 is 1. The van der Waals surface area contributed by atoms with Crippen LogP contribution in [0.5, 0.6) is 11.8 Å². The van der Waals surface area contributed by atoms with E-state index >= 15 is 4.39 Å². The summed E-state index contributed by atoms with van der Waals surface area (Å²) in [6.45, 7) is 3.06. The van der Waals surface area contributed by atoms with Crippen LogP contribution in [0.15, 0.2) is 18.3 Å². The SMILES string of the molecule is COC1CCc2cc(O)cc(-c3ncc4c(N5C[C@H]6CC[C@@H](C5)N6)nc(OC[C@@]56CCCN5C[C@H](F)C6)nc4c3F)c21. The number of halogens is 2. The van der Waals surface area contributed by atoms with Crippen molar-refractivity contribution in [2.75, 3.05) is 44.8 Å². The number of phenols is 1. The van der Waals surface area contributed by atoms with Gasteiger partial charge >= 0.3 is 6.01 Å². The average Bonchev–Trinajstić information content (AvgIpc) is 3.73. The van der Waals surface area contributed by atoms with Gasteiger partial charge in [-0.1, -0.05) is 0 Å². The lowest BCUT2D eigenvalue weighted by atomic mass is 9.95. The van der Waals surface area contributed by atoms with Crippen LogP contribution in [-0.2, 0) is 11.2 Å². The number of hydrogen-bond donors (Lipinski definition) is 2. The maximum absolute atomic E-state index is 16.7. The number of benzene rings is 1. The van der Waals surface area contributed by atoms with E-state index in [1.54, 1.807) is 25.4 Å². The van der Waals surface area contributed by atoms with Gasteiger partial charge in [-0.3, -0.25) is 9.88 Å². The lowest BCUT2D eigenvalue weighted by molar-refractivity contribution is 0.105. The van der Waals surface area contributed by atoms with E-state index in [0.717, 1.165) is 69.3 Å². The second-order valence-electron chi connectivity index (χ2n) is 12.7. The van der Waals surface area contributed by atoms with Gasteiger partial charge in [0.25, 0.3) is 0 Å². The molecule has 42 heavy (non-hydrogen) atoms. The summed E-state index contributed by atoms with van der Waals surface area (Å²) in [4.78, 5) is 18.4. The summed E-state index contributed by atoms with van der Waals surface area (Å²) in [6, 6.07) is 4.07. The molecule has 222 valence electrons. The molecule has 0 saturated carbocycles. The molecule has 5 aliphatic rings. The Labute approximate surface area is 243 Å². The molecule has 4 fully saturated rings. The fourth-order valence-corrected chi connectivity index (χ4v) is 8.28. The number of aromatic nitrogens is 3. The van der Waals surface area contributed by atoms with E-state index in [1.807, 2.05) is 0 Å². The Morgan fingerprint density at radius 1 is 1.14 bits per heavy atom. The molecule has 3 aromatic rings. The van der Waals surface area contributed by atoms with Crippen molar-refractivity contribution >= 4 is 16.7 Å². The third-order valence-electron chi connectivity index (χ3n) is 10.2. The number of rotatable bonds is 6. The third-order valence-corrected chi connectivity index (χ3v) is 10.2. The number of pyridine rings is 1. The van der Waals surface area contributed by atoms with Crippen molar-refractivity contribution in [2.24, 2.45) is 0 Å². The normalized spacial score (nSPS) is 30.3. The van der Waals surface area contributed by atoms with Gasteiger partial charge in [0.1, 0.15) is 35.6 Å². The first-order chi connectivity index (χ1) is 20.4. The van der Waals surface area contributed by atoms with Crippen molar-refractivity contribution < 1.29 is 23.4 Å². The molecule has 8 rings (SSSR count). The second kappa shape index (κ2) is 9.96. The van der Waals surface area contributed by atoms with Gasteiger partial charge in [0.2, 0.25) is 0 Å². The molecular weight excluding hydrogens is 542 g/mol. The molecule has 2 bridgehead atoms. The maximum atomic E-state index is 16.7. The van der Waals surface area contributed by atoms with E-state index in [9.17, 15) is 9.50 Å². The highest BCUT2D eigenvalue weighted by molar-refractivity contribution is 5.92.